The summed E-state index contributed by atoms with van der Waals surface area (Å²) < 4.78 is 0. The SMILES string of the molecule is C=C(C)/C(C)=C(/C=O)NC.CC.CCCCCc1ccc(-c2cc3c([nH]2)NCC(C)=C3)cc1.CCPC. The van der Waals surface area contributed by atoms with Gasteiger partial charge in [-0.1, -0.05) is 88.6 Å². The van der Waals surface area contributed by atoms with Gasteiger partial charge in [0, 0.05) is 24.8 Å². The summed E-state index contributed by atoms with van der Waals surface area (Å²) in [4.78, 5) is 13.8. The first-order chi connectivity index (χ1) is 17.8. The number of rotatable bonds is 9. The van der Waals surface area contributed by atoms with Crippen LogP contribution in [0.4, 0.5) is 5.82 Å². The van der Waals surface area contributed by atoms with E-state index in [-0.39, 0.29) is 0 Å². The number of hydrogen-bond donors (Lipinski definition) is 3. The van der Waals surface area contributed by atoms with Gasteiger partial charge in [-0.3, -0.25) is 4.79 Å². The van der Waals surface area contributed by atoms with Gasteiger partial charge in [-0.05, 0) is 69.2 Å². The number of aromatic amines is 1. The Morgan fingerprint density at radius 1 is 1.14 bits per heavy atom. The third-order valence-corrected chi connectivity index (χ3v) is 6.62. The number of nitrogens with one attached hydrogen (secondary N) is 3. The van der Waals surface area contributed by atoms with Crippen molar-refractivity contribution in [3.05, 3.63) is 70.5 Å². The van der Waals surface area contributed by atoms with Gasteiger partial charge in [0.1, 0.15) is 5.82 Å². The number of unbranched alkanes of at least 4 members (excludes halogenated alkanes) is 2. The average Bonchev–Trinajstić information content (AvgIpc) is 3.34. The maximum absolute atomic E-state index is 10.3. The maximum Gasteiger partial charge on any atom is 0.166 e. The third-order valence-electron chi connectivity index (χ3n) is 5.91. The monoisotopic (exact) mass is 525 g/mol. The highest BCUT2D eigenvalue weighted by Crippen LogP contribution is 2.29. The molecule has 206 valence electrons. The zero-order valence-corrected chi connectivity index (χ0v) is 25.9. The molecule has 3 N–H and O–H groups in total. The van der Waals surface area contributed by atoms with Gasteiger partial charge in [0.05, 0.1) is 5.70 Å². The smallest absolute Gasteiger partial charge is 0.166 e. The van der Waals surface area contributed by atoms with Crippen LogP contribution in [-0.2, 0) is 11.2 Å². The fourth-order valence-electron chi connectivity index (χ4n) is 3.43. The van der Waals surface area contributed by atoms with Crippen LogP contribution >= 0.6 is 8.58 Å². The van der Waals surface area contributed by atoms with Crippen LogP contribution in [0.3, 0.4) is 0 Å². The summed E-state index contributed by atoms with van der Waals surface area (Å²) in [5, 5.41) is 6.21. The van der Waals surface area contributed by atoms with Gasteiger partial charge in [0.2, 0.25) is 0 Å². The molecule has 0 saturated heterocycles. The molecule has 0 aliphatic carbocycles. The quantitative estimate of drug-likeness (QED) is 0.101. The maximum atomic E-state index is 10.3. The first kappa shape index (κ1) is 34.4. The highest BCUT2D eigenvalue weighted by Gasteiger charge is 2.11. The van der Waals surface area contributed by atoms with Crippen LogP contribution < -0.4 is 10.6 Å². The molecule has 1 aliphatic heterocycles. The van der Waals surface area contributed by atoms with E-state index in [0.717, 1.165) is 38.4 Å². The number of likely N-dealkylation sites (N-methyl/N-ethyl adjacent to an activating group) is 1. The Bertz CT molecular complexity index is 982. The Labute approximate surface area is 229 Å². The molecule has 3 rings (SSSR count). The highest BCUT2D eigenvalue weighted by atomic mass is 31.1. The number of aromatic nitrogens is 1. The van der Waals surface area contributed by atoms with Gasteiger partial charge in [0.15, 0.2) is 6.29 Å². The van der Waals surface area contributed by atoms with Crippen LogP contribution in [0.5, 0.6) is 0 Å². The summed E-state index contributed by atoms with van der Waals surface area (Å²) in [6, 6.07) is 11.2. The van der Waals surface area contributed by atoms with Crippen LogP contribution in [0, 0.1) is 0 Å². The van der Waals surface area contributed by atoms with Crippen LogP contribution in [0.25, 0.3) is 17.3 Å². The second-order valence-corrected chi connectivity index (χ2v) is 10.3. The number of aldehydes is 1. The van der Waals surface area contributed by atoms with Crippen molar-refractivity contribution < 1.29 is 4.79 Å². The molecular formula is C32H52N3OP. The minimum atomic E-state index is 0.604. The lowest BCUT2D eigenvalue weighted by atomic mass is 10.0. The summed E-state index contributed by atoms with van der Waals surface area (Å²) in [7, 11) is 2.86. The van der Waals surface area contributed by atoms with Crippen molar-refractivity contribution in [1.29, 1.82) is 0 Å². The van der Waals surface area contributed by atoms with E-state index in [0.29, 0.717) is 5.70 Å². The average molecular weight is 526 g/mol. The van der Waals surface area contributed by atoms with Crippen LogP contribution in [0.15, 0.2) is 59.3 Å². The van der Waals surface area contributed by atoms with Gasteiger partial charge < -0.3 is 15.6 Å². The molecule has 1 aromatic heterocycles. The van der Waals surface area contributed by atoms with Gasteiger partial charge in [0.25, 0.3) is 0 Å². The predicted octanol–water partition coefficient (Wildman–Crippen LogP) is 8.84. The fourth-order valence-corrected chi connectivity index (χ4v) is 3.43. The van der Waals surface area contributed by atoms with E-state index in [4.69, 9.17) is 0 Å². The Balaban J connectivity index is 0.000000681. The Morgan fingerprint density at radius 2 is 1.76 bits per heavy atom. The molecule has 1 atom stereocenters. The normalized spacial score (nSPS) is 12.2. The van der Waals surface area contributed by atoms with E-state index in [1.807, 2.05) is 27.7 Å². The first-order valence-electron chi connectivity index (χ1n) is 13.7. The van der Waals surface area contributed by atoms with Crippen molar-refractivity contribution in [2.75, 3.05) is 31.7 Å². The predicted molar refractivity (Wildman–Crippen MR) is 170 cm³/mol. The van der Waals surface area contributed by atoms with Crippen molar-refractivity contribution >= 4 is 26.8 Å². The van der Waals surface area contributed by atoms with E-state index in [9.17, 15) is 4.79 Å². The summed E-state index contributed by atoms with van der Waals surface area (Å²) in [5.41, 5.74) is 8.97. The molecule has 1 unspecified atom stereocenters. The van der Waals surface area contributed by atoms with Gasteiger partial charge in [-0.25, -0.2) is 0 Å². The lowest BCUT2D eigenvalue weighted by Gasteiger charge is -2.11. The molecule has 2 heterocycles. The Kier molecular flexibility index (Phi) is 19.0. The first-order valence-corrected chi connectivity index (χ1v) is 15.4. The number of benzene rings is 1. The molecule has 37 heavy (non-hydrogen) atoms. The largest absolute Gasteiger partial charge is 0.385 e. The van der Waals surface area contributed by atoms with Crippen molar-refractivity contribution in [1.82, 2.24) is 10.3 Å². The van der Waals surface area contributed by atoms with E-state index >= 15 is 0 Å². The number of aryl methyl sites for hydroxylation is 1. The molecule has 2 aromatic rings. The van der Waals surface area contributed by atoms with Gasteiger partial charge >= 0.3 is 0 Å². The molecule has 0 fully saturated rings. The second-order valence-electron chi connectivity index (χ2n) is 8.91. The summed E-state index contributed by atoms with van der Waals surface area (Å²) in [5.74, 6) is 1.14. The van der Waals surface area contributed by atoms with E-state index in [1.165, 1.54) is 59.8 Å². The number of fused-ring (bicyclic) bond motifs is 1. The minimum absolute atomic E-state index is 0.604. The van der Waals surface area contributed by atoms with Crippen molar-refractivity contribution in [3.63, 3.8) is 0 Å². The highest BCUT2D eigenvalue weighted by molar-refractivity contribution is 7.36. The Morgan fingerprint density at radius 3 is 2.22 bits per heavy atom. The van der Waals surface area contributed by atoms with Gasteiger partial charge in [-0.2, -0.15) is 0 Å². The van der Waals surface area contributed by atoms with Crippen molar-refractivity contribution in [2.45, 2.75) is 74.1 Å². The molecule has 0 amide bonds. The molecule has 0 radical (unpaired) electrons. The molecule has 5 heteroatoms. The number of carbonyl (C=O) groups is 1. The lowest BCUT2D eigenvalue weighted by Crippen LogP contribution is -2.09. The molecule has 0 bridgehead atoms. The van der Waals surface area contributed by atoms with Crippen LogP contribution in [0.2, 0.25) is 0 Å². The summed E-state index contributed by atoms with van der Waals surface area (Å²) >= 11 is 0. The van der Waals surface area contributed by atoms with Crippen LogP contribution in [0.1, 0.15) is 78.9 Å². The molecule has 4 nitrogen and oxygen atoms in total. The number of anilines is 1. The molecule has 1 aromatic carbocycles. The minimum Gasteiger partial charge on any atom is -0.385 e. The zero-order valence-electron chi connectivity index (χ0n) is 24.9. The topological polar surface area (TPSA) is 56.9 Å². The lowest BCUT2D eigenvalue weighted by molar-refractivity contribution is -0.105. The number of carbonyl (C=O) groups excluding carboxylic acids is 1. The van der Waals surface area contributed by atoms with E-state index in [2.05, 4.69) is 86.0 Å². The second kappa shape index (κ2) is 20.5. The van der Waals surface area contributed by atoms with E-state index in [1.54, 1.807) is 7.05 Å². The van der Waals surface area contributed by atoms with Crippen LogP contribution in [-0.4, -0.2) is 37.7 Å². The standard InChI is InChI=1S/C19H24N2.C8H13NO.C3H9P.C2H6/c1-3-4-5-6-15-7-9-16(10-8-15)18-12-17-11-14(2)13-20-19(17)21-18;1-6(2)7(3)8(5-10)9-4;1-3-4-2;1-2/h7-12,20-21H,3-6,13H2,1-2H3;5,9H,1H2,2-4H3;4H,3H2,1-2H3;1-2H3/b;8-7-;;. The van der Waals surface area contributed by atoms with Crippen molar-refractivity contribution in [2.24, 2.45) is 0 Å². The number of hydrogen-bond acceptors (Lipinski definition) is 3. The van der Waals surface area contributed by atoms with E-state index < -0.39 is 0 Å². The Hall–Kier alpha value is -2.58. The number of H-pyrrole nitrogens is 1. The fraction of sp³-hybridized carbons (Fsp3) is 0.469. The molecule has 0 spiro atoms. The summed E-state index contributed by atoms with van der Waals surface area (Å²) in [6.45, 7) is 21.2. The molecular weight excluding hydrogens is 473 g/mol. The molecule has 0 saturated carbocycles. The van der Waals surface area contributed by atoms with Crippen molar-refractivity contribution in [3.8, 4) is 11.3 Å². The van der Waals surface area contributed by atoms with Gasteiger partial charge in [-0.15, -0.1) is 8.58 Å². The number of allylic oxidation sites excluding steroid dienone is 3. The third kappa shape index (κ3) is 13.0. The summed E-state index contributed by atoms with van der Waals surface area (Å²) in [6.07, 6.45) is 9.49. The zero-order chi connectivity index (χ0) is 28.2. The molecule has 1 aliphatic rings.